The van der Waals surface area contributed by atoms with Crippen molar-refractivity contribution in [1.29, 1.82) is 0 Å². The Morgan fingerprint density at radius 3 is 2.11 bits per heavy atom. The highest BCUT2D eigenvalue weighted by Crippen LogP contribution is 1.98. The number of allylic oxidation sites excluding steroid dienone is 3. The second-order valence-corrected chi connectivity index (χ2v) is 1.82. The van der Waals surface area contributed by atoms with Gasteiger partial charge in [-0.05, 0) is 13.8 Å². The lowest BCUT2D eigenvalue weighted by Gasteiger charge is -2.03. The van der Waals surface area contributed by atoms with E-state index < -0.39 is 0 Å². The van der Waals surface area contributed by atoms with Crippen molar-refractivity contribution in [3.63, 3.8) is 0 Å². The number of hydrogen-bond donors (Lipinski definition) is 2. The Balaban J connectivity index is 4.14. The van der Waals surface area contributed by atoms with Gasteiger partial charge >= 0.3 is 0 Å². The molecule has 0 spiro atoms. The fourth-order valence-corrected chi connectivity index (χ4v) is 0.580. The summed E-state index contributed by atoms with van der Waals surface area (Å²) in [5, 5.41) is 0. The summed E-state index contributed by atoms with van der Waals surface area (Å²) in [6, 6.07) is 0. The maximum atomic E-state index is 5.20. The molecule has 3 heteroatoms. The molecule has 0 aromatic carbocycles. The predicted octanol–water partition coefficient (Wildman–Crippen LogP) is -0.110. The fourth-order valence-electron chi connectivity index (χ4n) is 0.580. The van der Waals surface area contributed by atoms with Gasteiger partial charge in [0.15, 0.2) is 0 Å². The van der Waals surface area contributed by atoms with E-state index in [2.05, 4.69) is 5.43 Å². The van der Waals surface area contributed by atoms with Crippen LogP contribution in [0, 0.1) is 0 Å². The predicted molar refractivity (Wildman–Crippen MR) is 43.4 cm³/mol. The van der Waals surface area contributed by atoms with E-state index in [-0.39, 0.29) is 0 Å². The van der Waals surface area contributed by atoms with Crippen LogP contribution in [0.15, 0.2) is 23.3 Å². The normalized spacial score (nSPS) is 13.7. The zero-order chi connectivity index (χ0) is 7.28. The molecule has 0 radical (unpaired) electrons. The molecular weight excluding hydrogens is 111 g/mol. The molecular formula is C6H13BN2. The first-order valence-electron chi connectivity index (χ1n) is 3.02. The summed E-state index contributed by atoms with van der Waals surface area (Å²) >= 11 is 0. The highest BCUT2D eigenvalue weighted by Gasteiger charge is 1.90. The van der Waals surface area contributed by atoms with Crippen molar-refractivity contribution in [2.75, 3.05) is 0 Å². The summed E-state index contributed by atoms with van der Waals surface area (Å²) in [5.41, 5.74) is 4.75. The molecule has 0 bridgehead atoms. The lowest BCUT2D eigenvalue weighted by molar-refractivity contribution is 0.907. The Morgan fingerprint density at radius 1 is 1.44 bits per heavy atom. The van der Waals surface area contributed by atoms with Gasteiger partial charge in [-0.2, -0.15) is 0 Å². The Hall–Kier alpha value is -0.695. The van der Waals surface area contributed by atoms with Crippen LogP contribution in [0.25, 0.3) is 0 Å². The summed E-state index contributed by atoms with van der Waals surface area (Å²) in [6.07, 6.45) is 3.95. The molecule has 0 saturated carbocycles. The number of hydrogen-bond acceptors (Lipinski definition) is 2. The molecule has 0 saturated heterocycles. The molecule has 0 aliphatic rings. The molecule has 0 amide bonds. The van der Waals surface area contributed by atoms with Crippen LogP contribution < -0.4 is 11.3 Å². The summed E-state index contributed by atoms with van der Waals surface area (Å²) in [6.45, 7) is 3.93. The van der Waals surface area contributed by atoms with E-state index in [1.54, 1.807) is 0 Å². The summed E-state index contributed by atoms with van der Waals surface area (Å²) in [4.78, 5) is 0. The molecule has 50 valence electrons. The van der Waals surface area contributed by atoms with E-state index in [4.69, 9.17) is 5.84 Å². The molecule has 0 aromatic rings. The van der Waals surface area contributed by atoms with E-state index in [1.807, 2.05) is 33.8 Å². The minimum absolute atomic E-state index is 0.984. The lowest BCUT2D eigenvalue weighted by atomic mass is 9.92. The number of nitrogens with two attached hydrogens (primary N) is 1. The average molecular weight is 124 g/mol. The van der Waals surface area contributed by atoms with Crippen molar-refractivity contribution in [2.24, 2.45) is 5.84 Å². The molecule has 0 aliphatic carbocycles. The molecule has 0 fully saturated rings. The van der Waals surface area contributed by atoms with Gasteiger partial charge in [0.25, 0.3) is 0 Å². The lowest BCUT2D eigenvalue weighted by Crippen LogP contribution is -2.22. The van der Waals surface area contributed by atoms with Crippen molar-refractivity contribution in [3.8, 4) is 0 Å². The second kappa shape index (κ2) is 4.21. The third kappa shape index (κ3) is 2.37. The SMILES string of the molecule is BC(=C/C)/C(=C\C)NN. The fraction of sp³-hybridized carbons (Fsp3) is 0.333. The molecule has 3 N–H and O–H groups in total. The van der Waals surface area contributed by atoms with Gasteiger partial charge in [0, 0.05) is 5.70 Å². The van der Waals surface area contributed by atoms with Gasteiger partial charge in [0.05, 0.1) is 0 Å². The van der Waals surface area contributed by atoms with Gasteiger partial charge in [0.2, 0.25) is 0 Å². The highest BCUT2D eigenvalue weighted by atomic mass is 15.2. The number of nitrogens with one attached hydrogen (secondary N) is 1. The molecule has 0 aromatic heterocycles. The monoisotopic (exact) mass is 124 g/mol. The molecule has 0 atom stereocenters. The maximum Gasteiger partial charge on any atom is 0.141 e. The summed E-state index contributed by atoms with van der Waals surface area (Å²) < 4.78 is 0. The zero-order valence-corrected chi connectivity index (χ0v) is 6.23. The quantitative estimate of drug-likeness (QED) is 0.233. The summed E-state index contributed by atoms with van der Waals surface area (Å²) in [5.74, 6) is 5.20. The average Bonchev–Trinajstić information content (AvgIpc) is 1.90. The smallest absolute Gasteiger partial charge is 0.141 e. The van der Waals surface area contributed by atoms with E-state index in [1.165, 1.54) is 5.47 Å². The van der Waals surface area contributed by atoms with Crippen LogP contribution in [-0.2, 0) is 0 Å². The maximum absolute atomic E-state index is 5.20. The van der Waals surface area contributed by atoms with Crippen LogP contribution >= 0.6 is 0 Å². The van der Waals surface area contributed by atoms with Crippen LogP contribution in [-0.4, -0.2) is 7.85 Å². The van der Waals surface area contributed by atoms with Gasteiger partial charge in [-0.3, -0.25) is 5.84 Å². The van der Waals surface area contributed by atoms with Crippen molar-refractivity contribution in [3.05, 3.63) is 23.3 Å². The Kier molecular flexibility index (Phi) is 3.89. The highest BCUT2D eigenvalue weighted by molar-refractivity contribution is 6.24. The van der Waals surface area contributed by atoms with E-state index >= 15 is 0 Å². The first kappa shape index (κ1) is 8.30. The van der Waals surface area contributed by atoms with Crippen LogP contribution in [0.3, 0.4) is 0 Å². The van der Waals surface area contributed by atoms with Crippen LogP contribution in [0.5, 0.6) is 0 Å². The van der Waals surface area contributed by atoms with Crippen molar-refractivity contribution in [2.45, 2.75) is 13.8 Å². The number of rotatable bonds is 2. The molecule has 0 rings (SSSR count). The second-order valence-electron chi connectivity index (χ2n) is 1.82. The standard InChI is InChI=1S/C6H13BN2/c1-3-5(7)6(4-2)9-8/h3-4,9H,7-8H2,1-2H3/b5-3+,6-4+. The first-order chi connectivity index (χ1) is 4.26. The molecule has 0 unspecified atom stereocenters. The van der Waals surface area contributed by atoms with E-state index in [0.717, 1.165) is 5.70 Å². The number of hydrazine groups is 1. The molecule has 0 aliphatic heterocycles. The zero-order valence-electron chi connectivity index (χ0n) is 6.23. The van der Waals surface area contributed by atoms with Crippen LogP contribution in [0.1, 0.15) is 13.8 Å². The van der Waals surface area contributed by atoms with Gasteiger partial charge in [0.1, 0.15) is 7.85 Å². The first-order valence-corrected chi connectivity index (χ1v) is 3.02. The van der Waals surface area contributed by atoms with Crippen molar-refractivity contribution < 1.29 is 0 Å². The van der Waals surface area contributed by atoms with Gasteiger partial charge in [-0.25, -0.2) is 0 Å². The minimum Gasteiger partial charge on any atom is -0.325 e. The minimum atomic E-state index is 0.984. The van der Waals surface area contributed by atoms with E-state index in [0.29, 0.717) is 0 Å². The molecule has 2 nitrogen and oxygen atoms in total. The van der Waals surface area contributed by atoms with Gasteiger partial charge < -0.3 is 5.43 Å². The van der Waals surface area contributed by atoms with Crippen molar-refractivity contribution in [1.82, 2.24) is 5.43 Å². The Morgan fingerprint density at radius 2 is 2.00 bits per heavy atom. The summed E-state index contributed by atoms with van der Waals surface area (Å²) in [7, 11) is 2.01. The Labute approximate surface area is 57.2 Å². The third-order valence-corrected chi connectivity index (χ3v) is 1.30. The van der Waals surface area contributed by atoms with Gasteiger partial charge in [-0.1, -0.05) is 17.6 Å². The van der Waals surface area contributed by atoms with E-state index in [9.17, 15) is 0 Å². The molecule has 9 heavy (non-hydrogen) atoms. The van der Waals surface area contributed by atoms with Crippen molar-refractivity contribution >= 4 is 7.85 Å². The van der Waals surface area contributed by atoms with Crippen LogP contribution in [0.4, 0.5) is 0 Å². The van der Waals surface area contributed by atoms with Gasteiger partial charge in [-0.15, -0.1) is 0 Å². The van der Waals surface area contributed by atoms with Crippen LogP contribution in [0.2, 0.25) is 0 Å². The molecule has 0 heterocycles. The third-order valence-electron chi connectivity index (χ3n) is 1.30. The Bertz CT molecular complexity index is 138. The topological polar surface area (TPSA) is 38.0 Å². The largest absolute Gasteiger partial charge is 0.325 e.